The number of ether oxygens (including phenoxy) is 2. The van der Waals surface area contributed by atoms with Crippen molar-refractivity contribution < 1.29 is 14.3 Å². The number of hydrogen-bond donors (Lipinski definition) is 1. The van der Waals surface area contributed by atoms with Crippen LogP contribution in [-0.2, 0) is 11.2 Å². The lowest BCUT2D eigenvalue weighted by atomic mass is 10.1. The Morgan fingerprint density at radius 1 is 0.943 bits per heavy atom. The molecule has 1 fully saturated rings. The molecule has 1 amide bonds. The number of anilines is 2. The van der Waals surface area contributed by atoms with E-state index in [9.17, 15) is 4.79 Å². The van der Waals surface area contributed by atoms with Crippen molar-refractivity contribution in [2.75, 3.05) is 56.2 Å². The fraction of sp³-hybridized carbons (Fsp3) is 0.286. The number of benzene rings is 2. The number of carbonyl (C=O) groups excluding carboxylic acids is 1. The summed E-state index contributed by atoms with van der Waals surface area (Å²) in [4.78, 5) is 21.6. The molecule has 0 spiro atoms. The van der Waals surface area contributed by atoms with Crippen LogP contribution in [0.1, 0.15) is 11.1 Å². The first-order valence-electron chi connectivity index (χ1n) is 12.1. The molecule has 0 aliphatic carbocycles. The molecule has 2 aromatic carbocycles. The Bertz CT molecular complexity index is 1170. The zero-order chi connectivity index (χ0) is 23.9. The number of fused-ring (bicyclic) bond motifs is 1. The van der Waals surface area contributed by atoms with Crippen molar-refractivity contribution in [2.45, 2.75) is 6.42 Å². The number of piperazine rings is 1. The Morgan fingerprint density at radius 2 is 1.71 bits per heavy atom. The summed E-state index contributed by atoms with van der Waals surface area (Å²) in [7, 11) is 0. The Morgan fingerprint density at radius 3 is 2.54 bits per heavy atom. The van der Waals surface area contributed by atoms with Crippen LogP contribution in [0.15, 0.2) is 73.1 Å². The molecule has 3 aromatic rings. The molecule has 1 saturated heterocycles. The second-order valence-corrected chi connectivity index (χ2v) is 8.68. The molecule has 5 rings (SSSR count). The largest absolute Gasteiger partial charge is 0.486 e. The van der Waals surface area contributed by atoms with Gasteiger partial charge in [0, 0.05) is 51.2 Å². The number of pyridine rings is 1. The van der Waals surface area contributed by atoms with E-state index in [0.717, 1.165) is 61.8 Å². The Hall–Kier alpha value is -3.84. The summed E-state index contributed by atoms with van der Waals surface area (Å²) < 4.78 is 11.2. The zero-order valence-electron chi connectivity index (χ0n) is 19.7. The molecule has 0 radical (unpaired) electrons. The average Bonchev–Trinajstić information content (AvgIpc) is 2.92. The van der Waals surface area contributed by atoms with E-state index in [1.165, 1.54) is 5.56 Å². The third-order valence-electron chi connectivity index (χ3n) is 6.33. The van der Waals surface area contributed by atoms with Crippen LogP contribution in [0.25, 0.3) is 6.08 Å². The van der Waals surface area contributed by atoms with Crippen LogP contribution in [0.4, 0.5) is 11.4 Å². The van der Waals surface area contributed by atoms with E-state index in [1.54, 1.807) is 12.2 Å². The van der Waals surface area contributed by atoms with Crippen LogP contribution in [0.2, 0.25) is 0 Å². The Labute approximate surface area is 206 Å². The van der Waals surface area contributed by atoms with Crippen molar-refractivity contribution in [3.63, 3.8) is 0 Å². The smallest absolute Gasteiger partial charge is 0.248 e. The number of nitrogens with one attached hydrogen (secondary N) is 1. The summed E-state index contributed by atoms with van der Waals surface area (Å²) >= 11 is 0. The maximum Gasteiger partial charge on any atom is 0.248 e. The van der Waals surface area contributed by atoms with Crippen molar-refractivity contribution in [1.29, 1.82) is 0 Å². The fourth-order valence-corrected chi connectivity index (χ4v) is 4.41. The first-order chi connectivity index (χ1) is 17.2. The average molecular weight is 471 g/mol. The van der Waals surface area contributed by atoms with Gasteiger partial charge < -0.3 is 19.7 Å². The van der Waals surface area contributed by atoms with E-state index in [2.05, 4.69) is 38.3 Å². The van der Waals surface area contributed by atoms with Gasteiger partial charge in [-0.2, -0.15) is 0 Å². The summed E-state index contributed by atoms with van der Waals surface area (Å²) in [5.74, 6) is 1.29. The number of aromatic nitrogens is 1. The van der Waals surface area contributed by atoms with Gasteiger partial charge in [-0.1, -0.05) is 18.2 Å². The van der Waals surface area contributed by atoms with Crippen LogP contribution >= 0.6 is 0 Å². The molecule has 1 aromatic heterocycles. The number of nitrogens with zero attached hydrogens (tertiary/aromatic N) is 3. The number of hydrogen-bond acceptors (Lipinski definition) is 6. The lowest BCUT2D eigenvalue weighted by Crippen LogP contribution is -2.47. The molecular weight excluding hydrogens is 440 g/mol. The van der Waals surface area contributed by atoms with Gasteiger partial charge >= 0.3 is 0 Å². The normalized spacial score (nSPS) is 15.8. The van der Waals surface area contributed by atoms with Crippen molar-refractivity contribution >= 4 is 23.4 Å². The molecule has 0 atom stereocenters. The highest BCUT2D eigenvalue weighted by molar-refractivity contribution is 6.03. The van der Waals surface area contributed by atoms with Crippen LogP contribution in [-0.4, -0.2) is 61.7 Å². The first-order valence-corrected chi connectivity index (χ1v) is 12.1. The third kappa shape index (κ3) is 6.00. The van der Waals surface area contributed by atoms with E-state index in [1.807, 2.05) is 48.8 Å². The molecule has 0 bridgehead atoms. The number of amides is 1. The van der Waals surface area contributed by atoms with E-state index in [4.69, 9.17) is 9.47 Å². The zero-order valence-corrected chi connectivity index (χ0v) is 19.7. The maximum absolute atomic E-state index is 12.7. The molecule has 0 saturated carbocycles. The van der Waals surface area contributed by atoms with Crippen molar-refractivity contribution in [3.05, 3.63) is 84.2 Å². The highest BCUT2D eigenvalue weighted by atomic mass is 16.6. The molecule has 2 aliphatic heterocycles. The van der Waals surface area contributed by atoms with Gasteiger partial charge in [-0.3, -0.25) is 14.7 Å². The van der Waals surface area contributed by atoms with Crippen molar-refractivity contribution in [3.8, 4) is 11.5 Å². The third-order valence-corrected chi connectivity index (χ3v) is 6.33. The molecule has 1 N–H and O–H groups in total. The number of rotatable bonds is 7. The van der Waals surface area contributed by atoms with Gasteiger partial charge in [0.2, 0.25) is 5.91 Å². The lowest BCUT2D eigenvalue weighted by molar-refractivity contribution is -0.111. The number of carbonyl (C=O) groups is 1. The predicted octanol–water partition coefficient (Wildman–Crippen LogP) is 3.87. The predicted molar refractivity (Wildman–Crippen MR) is 138 cm³/mol. The van der Waals surface area contributed by atoms with E-state index in [-0.39, 0.29) is 5.91 Å². The topological polar surface area (TPSA) is 66.9 Å². The van der Waals surface area contributed by atoms with Gasteiger partial charge in [0.15, 0.2) is 11.5 Å². The van der Waals surface area contributed by atoms with Gasteiger partial charge in [-0.15, -0.1) is 0 Å². The second kappa shape index (κ2) is 11.1. The summed E-state index contributed by atoms with van der Waals surface area (Å²) in [6, 6.07) is 17.8. The Kier molecular flexibility index (Phi) is 7.24. The minimum Gasteiger partial charge on any atom is -0.486 e. The van der Waals surface area contributed by atoms with Crippen LogP contribution in [0, 0.1) is 0 Å². The summed E-state index contributed by atoms with van der Waals surface area (Å²) in [6.07, 6.45) is 8.08. The van der Waals surface area contributed by atoms with E-state index < -0.39 is 0 Å². The lowest BCUT2D eigenvalue weighted by Gasteiger charge is -2.37. The van der Waals surface area contributed by atoms with Gasteiger partial charge in [0.1, 0.15) is 13.2 Å². The van der Waals surface area contributed by atoms with Gasteiger partial charge in [0.05, 0.1) is 11.4 Å². The Balaban J connectivity index is 1.16. The highest BCUT2D eigenvalue weighted by Crippen LogP contribution is 2.31. The first kappa shape index (κ1) is 22.9. The molecule has 35 heavy (non-hydrogen) atoms. The summed E-state index contributed by atoms with van der Waals surface area (Å²) in [6.45, 7) is 5.99. The maximum atomic E-state index is 12.7. The summed E-state index contributed by atoms with van der Waals surface area (Å²) in [5, 5.41) is 3.06. The van der Waals surface area contributed by atoms with Gasteiger partial charge in [-0.05, 0) is 60.0 Å². The van der Waals surface area contributed by atoms with E-state index in [0.29, 0.717) is 19.0 Å². The van der Waals surface area contributed by atoms with Crippen molar-refractivity contribution in [2.24, 2.45) is 0 Å². The van der Waals surface area contributed by atoms with Crippen LogP contribution < -0.4 is 19.7 Å². The van der Waals surface area contributed by atoms with Crippen molar-refractivity contribution in [1.82, 2.24) is 9.88 Å². The van der Waals surface area contributed by atoms with Gasteiger partial charge in [0.25, 0.3) is 0 Å². The molecule has 180 valence electrons. The highest BCUT2D eigenvalue weighted by Gasteiger charge is 2.19. The number of para-hydroxylation sites is 2. The van der Waals surface area contributed by atoms with Gasteiger partial charge in [-0.25, -0.2) is 0 Å². The van der Waals surface area contributed by atoms with Crippen LogP contribution in [0.5, 0.6) is 11.5 Å². The molecule has 0 unspecified atom stereocenters. The molecule has 2 aliphatic rings. The molecule has 7 nitrogen and oxygen atoms in total. The summed E-state index contributed by atoms with van der Waals surface area (Å²) in [5.41, 5.74) is 4.09. The molecular formula is C28H30N4O3. The van der Waals surface area contributed by atoms with E-state index >= 15 is 0 Å². The quantitative estimate of drug-likeness (QED) is 0.529. The molecule has 7 heteroatoms. The molecule has 3 heterocycles. The second-order valence-electron chi connectivity index (χ2n) is 8.68. The van der Waals surface area contributed by atoms with Crippen LogP contribution in [0.3, 0.4) is 0 Å². The minimum absolute atomic E-state index is 0.164. The monoisotopic (exact) mass is 470 g/mol. The standard InChI is InChI=1S/C28H30N4O3/c33-28(8-6-23-5-7-26-27(21-23)35-20-19-34-26)30-24-3-1-2-4-25(24)32-17-15-31(16-18-32)14-11-22-9-12-29-13-10-22/h1-10,12-13,21H,11,14-20H2,(H,30,33)/b8-6+. The minimum atomic E-state index is -0.164. The SMILES string of the molecule is O=C(/C=C/c1ccc2c(c1)OCCO2)Nc1ccccc1N1CCN(CCc2ccncc2)CC1. The fourth-order valence-electron chi connectivity index (χ4n) is 4.41.